The molecule has 0 aliphatic carbocycles. The highest BCUT2D eigenvalue weighted by molar-refractivity contribution is 5.79. The Hall–Kier alpha value is -1.62. The van der Waals surface area contributed by atoms with Crippen molar-refractivity contribution in [2.75, 3.05) is 12.3 Å². The fourth-order valence-electron chi connectivity index (χ4n) is 2.33. The quantitative estimate of drug-likeness (QED) is 0.797. The summed E-state index contributed by atoms with van der Waals surface area (Å²) in [6.07, 6.45) is 4.73. The highest BCUT2D eigenvalue weighted by atomic mass is 16.1. The van der Waals surface area contributed by atoms with Gasteiger partial charge in [0.05, 0.1) is 6.04 Å². The van der Waals surface area contributed by atoms with Crippen LogP contribution >= 0.6 is 0 Å². The molecule has 2 rings (SSSR count). The van der Waals surface area contributed by atoms with Gasteiger partial charge >= 0.3 is 0 Å². The largest absolute Gasteiger partial charge is 0.384 e. The number of hydrogen-bond donors (Lipinski definition) is 2. The molecule has 17 heavy (non-hydrogen) atoms. The normalized spacial score (nSPS) is 21.3. The number of nitrogen functional groups attached to an aromatic ring is 1. The van der Waals surface area contributed by atoms with Crippen LogP contribution in [0.1, 0.15) is 24.8 Å². The maximum atomic E-state index is 11.4. The van der Waals surface area contributed by atoms with E-state index in [-0.39, 0.29) is 11.9 Å². The first-order chi connectivity index (χ1) is 8.16. The average molecular weight is 234 g/mol. The summed E-state index contributed by atoms with van der Waals surface area (Å²) in [4.78, 5) is 17.4. The van der Waals surface area contributed by atoms with Gasteiger partial charge in [-0.05, 0) is 37.1 Å². The van der Waals surface area contributed by atoms with Crippen molar-refractivity contribution in [3.63, 3.8) is 0 Å². The van der Waals surface area contributed by atoms with Gasteiger partial charge in [0.25, 0.3) is 0 Å². The maximum Gasteiger partial charge on any atom is 0.234 e. The Labute approximate surface area is 101 Å². The zero-order chi connectivity index (χ0) is 12.3. The zero-order valence-electron chi connectivity index (χ0n) is 9.80. The molecule has 1 aromatic heterocycles. The van der Waals surface area contributed by atoms with Crippen molar-refractivity contribution in [3.8, 4) is 0 Å². The Morgan fingerprint density at radius 2 is 2.35 bits per heavy atom. The van der Waals surface area contributed by atoms with E-state index in [1.165, 1.54) is 0 Å². The number of aromatic nitrogens is 1. The van der Waals surface area contributed by atoms with Crippen LogP contribution in [0, 0.1) is 0 Å². The van der Waals surface area contributed by atoms with Crippen LogP contribution < -0.4 is 11.5 Å². The minimum atomic E-state index is -0.230. The molecule has 1 fully saturated rings. The molecule has 0 spiro atoms. The Balaban J connectivity index is 2.08. The van der Waals surface area contributed by atoms with E-state index in [0.717, 1.165) is 31.4 Å². The average Bonchev–Trinajstić information content (AvgIpc) is 2.29. The van der Waals surface area contributed by atoms with E-state index >= 15 is 0 Å². The summed E-state index contributed by atoms with van der Waals surface area (Å²) in [6, 6.07) is 3.62. The van der Waals surface area contributed by atoms with Crippen molar-refractivity contribution in [1.82, 2.24) is 9.88 Å². The van der Waals surface area contributed by atoms with Crippen molar-refractivity contribution in [2.45, 2.75) is 31.8 Å². The maximum absolute atomic E-state index is 11.4. The molecule has 1 unspecified atom stereocenters. The minimum absolute atomic E-state index is 0.141. The zero-order valence-corrected chi connectivity index (χ0v) is 9.80. The number of primary amides is 1. The summed E-state index contributed by atoms with van der Waals surface area (Å²) in [5.74, 6) is 0.280. The second-order valence-corrected chi connectivity index (χ2v) is 4.47. The number of carbonyl (C=O) groups is 1. The third kappa shape index (κ3) is 2.94. The summed E-state index contributed by atoms with van der Waals surface area (Å²) in [5, 5.41) is 0. The fraction of sp³-hybridized carbons (Fsp3) is 0.500. The third-order valence-electron chi connectivity index (χ3n) is 3.17. The summed E-state index contributed by atoms with van der Waals surface area (Å²) in [6.45, 7) is 1.62. The van der Waals surface area contributed by atoms with Gasteiger partial charge in [-0.2, -0.15) is 0 Å². The Kier molecular flexibility index (Phi) is 3.58. The summed E-state index contributed by atoms with van der Waals surface area (Å²) in [7, 11) is 0. The van der Waals surface area contributed by atoms with Gasteiger partial charge in [-0.15, -0.1) is 0 Å². The molecule has 5 heteroatoms. The van der Waals surface area contributed by atoms with Crippen LogP contribution in [-0.2, 0) is 11.3 Å². The number of carbonyl (C=O) groups excluding carboxylic acids is 1. The lowest BCUT2D eigenvalue weighted by Crippen LogP contribution is -2.47. The van der Waals surface area contributed by atoms with Crippen LogP contribution in [0.4, 0.5) is 5.82 Å². The molecule has 4 N–H and O–H groups in total. The second kappa shape index (κ2) is 5.14. The molecular formula is C12H18N4O. The topological polar surface area (TPSA) is 85.2 Å². The van der Waals surface area contributed by atoms with Crippen LogP contribution in [0.2, 0.25) is 0 Å². The first-order valence-corrected chi connectivity index (χ1v) is 5.90. The number of likely N-dealkylation sites (tertiary alicyclic amines) is 1. The predicted octanol–water partition coefficient (Wildman–Crippen LogP) is 0.504. The van der Waals surface area contributed by atoms with Crippen LogP contribution in [0.3, 0.4) is 0 Å². The highest BCUT2D eigenvalue weighted by Crippen LogP contribution is 2.19. The number of hydrogen-bond acceptors (Lipinski definition) is 4. The van der Waals surface area contributed by atoms with Gasteiger partial charge in [0.1, 0.15) is 5.82 Å². The number of nitrogens with two attached hydrogens (primary N) is 2. The molecule has 5 nitrogen and oxygen atoms in total. The van der Waals surface area contributed by atoms with Crippen molar-refractivity contribution >= 4 is 11.7 Å². The molecule has 1 saturated heterocycles. The molecule has 92 valence electrons. The smallest absolute Gasteiger partial charge is 0.234 e. The van der Waals surface area contributed by atoms with Gasteiger partial charge in [-0.25, -0.2) is 4.98 Å². The van der Waals surface area contributed by atoms with Gasteiger partial charge in [-0.1, -0.05) is 6.42 Å². The number of piperidine rings is 1. The monoisotopic (exact) mass is 234 g/mol. The molecule has 0 aromatic carbocycles. The van der Waals surface area contributed by atoms with E-state index in [0.29, 0.717) is 12.4 Å². The summed E-state index contributed by atoms with van der Waals surface area (Å²) < 4.78 is 0. The van der Waals surface area contributed by atoms with Gasteiger partial charge in [0.15, 0.2) is 0 Å². The molecule has 1 aliphatic rings. The predicted molar refractivity (Wildman–Crippen MR) is 65.9 cm³/mol. The van der Waals surface area contributed by atoms with Gasteiger partial charge < -0.3 is 11.5 Å². The standard InChI is InChI=1S/C12H18N4O/c13-11-7-9(4-5-15-11)8-16-6-2-1-3-10(16)12(14)17/h4-5,7,10H,1-3,6,8H2,(H2,13,15)(H2,14,17). The number of rotatable bonds is 3. The summed E-state index contributed by atoms with van der Waals surface area (Å²) >= 11 is 0. The number of nitrogens with zero attached hydrogens (tertiary/aromatic N) is 2. The molecule has 0 bridgehead atoms. The minimum Gasteiger partial charge on any atom is -0.384 e. The fourth-order valence-corrected chi connectivity index (χ4v) is 2.33. The third-order valence-corrected chi connectivity index (χ3v) is 3.17. The van der Waals surface area contributed by atoms with E-state index in [4.69, 9.17) is 11.5 Å². The van der Waals surface area contributed by atoms with Crippen molar-refractivity contribution in [3.05, 3.63) is 23.9 Å². The van der Waals surface area contributed by atoms with E-state index in [9.17, 15) is 4.79 Å². The van der Waals surface area contributed by atoms with Crippen molar-refractivity contribution < 1.29 is 4.79 Å². The molecule has 1 aliphatic heterocycles. The first kappa shape index (κ1) is 11.9. The molecule has 0 radical (unpaired) electrons. The second-order valence-electron chi connectivity index (χ2n) is 4.47. The molecule has 1 amide bonds. The Morgan fingerprint density at radius 3 is 3.06 bits per heavy atom. The van der Waals surface area contributed by atoms with Crippen LogP contribution in [0.25, 0.3) is 0 Å². The lowest BCUT2D eigenvalue weighted by molar-refractivity contribution is -0.124. The summed E-state index contributed by atoms with van der Waals surface area (Å²) in [5.41, 5.74) is 12.1. The van der Waals surface area contributed by atoms with E-state index in [1.54, 1.807) is 6.20 Å². The molecule has 2 heterocycles. The molecule has 0 saturated carbocycles. The number of anilines is 1. The van der Waals surface area contributed by atoms with Gasteiger partial charge in [-0.3, -0.25) is 9.69 Å². The van der Waals surface area contributed by atoms with Crippen LogP contribution in [0.5, 0.6) is 0 Å². The molecule has 1 atom stereocenters. The van der Waals surface area contributed by atoms with E-state index in [2.05, 4.69) is 9.88 Å². The Morgan fingerprint density at radius 1 is 1.53 bits per heavy atom. The van der Waals surface area contributed by atoms with E-state index < -0.39 is 0 Å². The molecule has 1 aromatic rings. The van der Waals surface area contributed by atoms with Crippen molar-refractivity contribution in [1.29, 1.82) is 0 Å². The van der Waals surface area contributed by atoms with Crippen LogP contribution in [0.15, 0.2) is 18.3 Å². The lowest BCUT2D eigenvalue weighted by atomic mass is 10.0. The van der Waals surface area contributed by atoms with Crippen molar-refractivity contribution in [2.24, 2.45) is 5.73 Å². The SMILES string of the molecule is NC(=O)C1CCCCN1Cc1ccnc(N)c1. The number of amides is 1. The lowest BCUT2D eigenvalue weighted by Gasteiger charge is -2.33. The highest BCUT2D eigenvalue weighted by Gasteiger charge is 2.26. The Bertz CT molecular complexity index is 407. The van der Waals surface area contributed by atoms with Crippen LogP contribution in [-0.4, -0.2) is 28.4 Å². The van der Waals surface area contributed by atoms with E-state index in [1.807, 2.05) is 12.1 Å². The number of pyridine rings is 1. The molecular weight excluding hydrogens is 216 g/mol. The van der Waals surface area contributed by atoms with Gasteiger partial charge in [0, 0.05) is 12.7 Å². The van der Waals surface area contributed by atoms with Gasteiger partial charge in [0.2, 0.25) is 5.91 Å². The first-order valence-electron chi connectivity index (χ1n) is 5.90.